The molecule has 1 aromatic rings. The number of nitrogens with zero attached hydrogens (tertiary/aromatic N) is 4. The van der Waals surface area contributed by atoms with Gasteiger partial charge in [-0.05, 0) is 31.4 Å². The van der Waals surface area contributed by atoms with Gasteiger partial charge in [0.1, 0.15) is 17.9 Å². The van der Waals surface area contributed by atoms with E-state index in [1.807, 2.05) is 6.07 Å². The lowest BCUT2D eigenvalue weighted by atomic mass is 10.1. The van der Waals surface area contributed by atoms with E-state index < -0.39 is 6.04 Å². The number of rotatable bonds is 5. The molecular formula is C15H18N6O. The third-order valence-electron chi connectivity index (χ3n) is 3.66. The van der Waals surface area contributed by atoms with Gasteiger partial charge in [-0.3, -0.25) is 4.79 Å². The zero-order valence-corrected chi connectivity index (χ0v) is 12.2. The highest BCUT2D eigenvalue weighted by molar-refractivity contribution is 5.82. The zero-order chi connectivity index (χ0) is 15.9. The number of carbonyl (C=O) groups excluding carboxylic acids is 1. The lowest BCUT2D eigenvalue weighted by Crippen LogP contribution is -2.46. The number of hydrogen-bond donors (Lipinski definition) is 2. The van der Waals surface area contributed by atoms with E-state index in [0.717, 1.165) is 12.8 Å². The van der Waals surface area contributed by atoms with Crippen LogP contribution in [0.5, 0.6) is 0 Å². The minimum atomic E-state index is -0.625. The molecule has 0 radical (unpaired) electrons. The first-order valence-electron chi connectivity index (χ1n) is 7.21. The predicted molar refractivity (Wildman–Crippen MR) is 80.4 cm³/mol. The Kier molecular flexibility index (Phi) is 5.29. The first kappa shape index (κ1) is 15.7. The lowest BCUT2D eigenvalue weighted by molar-refractivity contribution is -0.132. The minimum absolute atomic E-state index is 0.168. The van der Waals surface area contributed by atoms with E-state index in [1.165, 1.54) is 6.20 Å². The normalized spacial score (nSPS) is 18.3. The van der Waals surface area contributed by atoms with Crippen molar-refractivity contribution in [2.75, 3.05) is 18.4 Å². The predicted octanol–water partition coefficient (Wildman–Crippen LogP) is 0.597. The SMILES string of the molecule is N#Cc1ccc(NCC[C@H](N)C(=O)N2CCC[C@H]2C#N)nc1. The van der Waals surface area contributed by atoms with Gasteiger partial charge in [0.25, 0.3) is 0 Å². The number of pyridine rings is 1. The smallest absolute Gasteiger partial charge is 0.240 e. The second-order valence-corrected chi connectivity index (χ2v) is 5.18. The van der Waals surface area contributed by atoms with Gasteiger partial charge < -0.3 is 16.0 Å². The zero-order valence-electron chi connectivity index (χ0n) is 12.2. The highest BCUT2D eigenvalue weighted by Gasteiger charge is 2.31. The fourth-order valence-corrected chi connectivity index (χ4v) is 2.42. The van der Waals surface area contributed by atoms with E-state index in [1.54, 1.807) is 17.0 Å². The van der Waals surface area contributed by atoms with Crippen LogP contribution >= 0.6 is 0 Å². The van der Waals surface area contributed by atoms with E-state index in [4.69, 9.17) is 16.3 Å². The molecule has 2 heterocycles. The van der Waals surface area contributed by atoms with E-state index in [2.05, 4.69) is 16.4 Å². The van der Waals surface area contributed by atoms with E-state index in [9.17, 15) is 4.79 Å². The van der Waals surface area contributed by atoms with Gasteiger partial charge in [0.2, 0.25) is 5.91 Å². The molecule has 0 aromatic carbocycles. The van der Waals surface area contributed by atoms with Gasteiger partial charge in [-0.1, -0.05) is 0 Å². The number of anilines is 1. The topological polar surface area (TPSA) is 119 Å². The van der Waals surface area contributed by atoms with Crippen LogP contribution in [0.2, 0.25) is 0 Å². The highest BCUT2D eigenvalue weighted by atomic mass is 16.2. The Morgan fingerprint density at radius 2 is 2.36 bits per heavy atom. The average molecular weight is 298 g/mol. The summed E-state index contributed by atoms with van der Waals surface area (Å²) >= 11 is 0. The molecule has 1 saturated heterocycles. The molecule has 1 aliphatic heterocycles. The number of likely N-dealkylation sites (tertiary alicyclic amines) is 1. The maximum atomic E-state index is 12.2. The van der Waals surface area contributed by atoms with E-state index in [0.29, 0.717) is 30.9 Å². The first-order valence-corrected chi connectivity index (χ1v) is 7.21. The molecule has 2 rings (SSSR count). The highest BCUT2D eigenvalue weighted by Crippen LogP contribution is 2.17. The van der Waals surface area contributed by atoms with Gasteiger partial charge in [0.15, 0.2) is 0 Å². The van der Waals surface area contributed by atoms with Crippen molar-refractivity contribution < 1.29 is 4.79 Å². The second kappa shape index (κ2) is 7.39. The largest absolute Gasteiger partial charge is 0.370 e. The number of nitrogens with one attached hydrogen (secondary N) is 1. The molecule has 0 aliphatic carbocycles. The van der Waals surface area contributed by atoms with Gasteiger partial charge >= 0.3 is 0 Å². The number of nitrogens with two attached hydrogens (primary N) is 1. The minimum Gasteiger partial charge on any atom is -0.370 e. The summed E-state index contributed by atoms with van der Waals surface area (Å²) in [6.45, 7) is 1.10. The fraction of sp³-hybridized carbons (Fsp3) is 0.467. The lowest BCUT2D eigenvalue weighted by Gasteiger charge is -2.23. The summed E-state index contributed by atoms with van der Waals surface area (Å²) in [6.07, 6.45) is 3.51. The molecule has 22 heavy (non-hydrogen) atoms. The van der Waals surface area contributed by atoms with Gasteiger partial charge in [-0.15, -0.1) is 0 Å². The Morgan fingerprint density at radius 3 is 3.00 bits per heavy atom. The van der Waals surface area contributed by atoms with Crippen molar-refractivity contribution in [2.24, 2.45) is 5.73 Å². The summed E-state index contributed by atoms with van der Waals surface area (Å²) in [6, 6.07) is 6.55. The molecule has 0 spiro atoms. The van der Waals surface area contributed by atoms with Crippen molar-refractivity contribution >= 4 is 11.7 Å². The molecule has 0 unspecified atom stereocenters. The maximum absolute atomic E-state index is 12.2. The van der Waals surface area contributed by atoms with Crippen molar-refractivity contribution in [3.05, 3.63) is 23.9 Å². The summed E-state index contributed by atoms with van der Waals surface area (Å²) in [5, 5.41) is 20.8. The summed E-state index contributed by atoms with van der Waals surface area (Å²) in [5.41, 5.74) is 6.41. The van der Waals surface area contributed by atoms with Gasteiger partial charge in [0.05, 0.1) is 17.7 Å². The van der Waals surface area contributed by atoms with Crippen LogP contribution in [0.4, 0.5) is 5.82 Å². The van der Waals surface area contributed by atoms with Crippen LogP contribution in [-0.4, -0.2) is 41.0 Å². The molecule has 0 bridgehead atoms. The summed E-state index contributed by atoms with van der Waals surface area (Å²) in [7, 11) is 0. The van der Waals surface area contributed by atoms with E-state index in [-0.39, 0.29) is 11.9 Å². The van der Waals surface area contributed by atoms with Gasteiger partial charge in [-0.25, -0.2) is 4.98 Å². The molecular weight excluding hydrogens is 280 g/mol. The van der Waals surface area contributed by atoms with Crippen LogP contribution in [-0.2, 0) is 4.79 Å². The van der Waals surface area contributed by atoms with Crippen molar-refractivity contribution in [1.82, 2.24) is 9.88 Å². The molecule has 1 aliphatic rings. The standard InChI is InChI=1S/C15H18N6O/c16-8-11-3-4-14(20-10-11)19-6-5-13(18)15(22)21-7-1-2-12(21)9-17/h3-4,10,12-13H,1-2,5-7,18H2,(H,19,20)/t12-,13-/m0/s1. The molecule has 7 nitrogen and oxygen atoms in total. The number of amides is 1. The number of aromatic nitrogens is 1. The Hall–Kier alpha value is -2.64. The fourth-order valence-electron chi connectivity index (χ4n) is 2.42. The van der Waals surface area contributed by atoms with Crippen molar-refractivity contribution in [3.63, 3.8) is 0 Å². The Labute approximate surface area is 129 Å². The van der Waals surface area contributed by atoms with Crippen molar-refractivity contribution in [1.29, 1.82) is 10.5 Å². The summed E-state index contributed by atoms with van der Waals surface area (Å²) in [4.78, 5) is 17.9. The molecule has 114 valence electrons. The molecule has 1 aromatic heterocycles. The first-order chi connectivity index (χ1) is 10.7. The molecule has 0 saturated carbocycles. The molecule has 1 fully saturated rings. The third-order valence-corrected chi connectivity index (χ3v) is 3.66. The van der Waals surface area contributed by atoms with Gasteiger partial charge in [0, 0.05) is 19.3 Å². The van der Waals surface area contributed by atoms with Crippen LogP contribution in [0.3, 0.4) is 0 Å². The molecule has 3 N–H and O–H groups in total. The quantitative estimate of drug-likeness (QED) is 0.821. The Balaban J connectivity index is 1.79. The van der Waals surface area contributed by atoms with Crippen LogP contribution in [0.15, 0.2) is 18.3 Å². The van der Waals surface area contributed by atoms with Crippen LogP contribution in [0, 0.1) is 22.7 Å². The average Bonchev–Trinajstić information content (AvgIpc) is 3.03. The molecule has 7 heteroatoms. The maximum Gasteiger partial charge on any atom is 0.240 e. The number of nitriles is 2. The summed E-state index contributed by atoms with van der Waals surface area (Å²) < 4.78 is 0. The number of hydrogen-bond acceptors (Lipinski definition) is 6. The van der Waals surface area contributed by atoms with E-state index >= 15 is 0 Å². The third kappa shape index (κ3) is 3.72. The Morgan fingerprint density at radius 1 is 1.55 bits per heavy atom. The number of carbonyl (C=O) groups is 1. The molecule has 1 amide bonds. The van der Waals surface area contributed by atoms with Crippen molar-refractivity contribution in [2.45, 2.75) is 31.3 Å². The van der Waals surface area contributed by atoms with Crippen LogP contribution < -0.4 is 11.1 Å². The monoisotopic (exact) mass is 298 g/mol. The Bertz CT molecular complexity index is 600. The molecule has 2 atom stereocenters. The van der Waals surface area contributed by atoms with Gasteiger partial charge in [-0.2, -0.15) is 10.5 Å². The summed E-state index contributed by atoms with van der Waals surface area (Å²) in [5.74, 6) is 0.466. The van der Waals surface area contributed by atoms with Crippen molar-refractivity contribution in [3.8, 4) is 12.1 Å². The van der Waals surface area contributed by atoms with Crippen LogP contribution in [0.1, 0.15) is 24.8 Å². The second-order valence-electron chi connectivity index (χ2n) is 5.18. The van der Waals surface area contributed by atoms with Crippen LogP contribution in [0.25, 0.3) is 0 Å².